The number of amides is 1. The Morgan fingerprint density at radius 1 is 1.12 bits per heavy atom. The van der Waals surface area contributed by atoms with Crippen LogP contribution in [0, 0.1) is 0 Å². The van der Waals surface area contributed by atoms with Crippen molar-refractivity contribution < 1.29 is 9.53 Å². The maximum absolute atomic E-state index is 11.6. The second kappa shape index (κ2) is 8.23. The number of aromatic amines is 1. The summed E-state index contributed by atoms with van der Waals surface area (Å²) in [5, 5.41) is 8.07. The molecule has 162 valence electrons. The van der Waals surface area contributed by atoms with E-state index in [1.807, 2.05) is 36.2 Å². The molecule has 1 aliphatic heterocycles. The van der Waals surface area contributed by atoms with Gasteiger partial charge in [0.1, 0.15) is 0 Å². The van der Waals surface area contributed by atoms with E-state index in [-0.39, 0.29) is 0 Å². The highest BCUT2D eigenvalue weighted by Gasteiger charge is 2.20. The molecule has 10 nitrogen and oxygen atoms in total. The number of H-pyrrole nitrogens is 1. The molecule has 4 aromatic rings. The predicted octanol–water partition coefficient (Wildman–Crippen LogP) is 2.12. The molecule has 3 heterocycles. The van der Waals surface area contributed by atoms with Crippen LogP contribution in [-0.2, 0) is 4.74 Å². The normalized spacial score (nSPS) is 14.0. The van der Waals surface area contributed by atoms with Crippen molar-refractivity contribution >= 4 is 34.4 Å². The van der Waals surface area contributed by atoms with E-state index in [4.69, 9.17) is 25.4 Å². The maximum Gasteiger partial charge on any atom is 0.248 e. The first-order chi connectivity index (χ1) is 15.6. The van der Waals surface area contributed by atoms with Crippen LogP contribution in [0.15, 0.2) is 48.7 Å². The zero-order valence-corrected chi connectivity index (χ0v) is 17.5. The Balaban J connectivity index is 1.63. The highest BCUT2D eigenvalue weighted by molar-refractivity contribution is 5.94. The number of fused-ring (bicyclic) bond motifs is 1. The molecule has 0 atom stereocenters. The summed E-state index contributed by atoms with van der Waals surface area (Å²) < 4.78 is 5.49. The number of nitrogens with zero attached hydrogens (tertiary/aromatic N) is 6. The minimum atomic E-state index is -0.489. The highest BCUT2D eigenvalue weighted by atomic mass is 16.5. The summed E-state index contributed by atoms with van der Waals surface area (Å²) in [4.78, 5) is 29.8. The lowest BCUT2D eigenvalue weighted by molar-refractivity contribution is 0.100. The van der Waals surface area contributed by atoms with Crippen LogP contribution in [0.4, 0.5) is 17.6 Å². The first-order valence-corrected chi connectivity index (χ1v) is 10.2. The second-order valence-corrected chi connectivity index (χ2v) is 7.47. The number of benzene rings is 2. The van der Waals surface area contributed by atoms with Gasteiger partial charge >= 0.3 is 0 Å². The minimum Gasteiger partial charge on any atom is -0.378 e. The van der Waals surface area contributed by atoms with E-state index < -0.39 is 5.91 Å². The van der Waals surface area contributed by atoms with Crippen LogP contribution in [0.5, 0.6) is 0 Å². The lowest BCUT2D eigenvalue weighted by Gasteiger charge is -2.28. The highest BCUT2D eigenvalue weighted by Crippen LogP contribution is 2.29. The van der Waals surface area contributed by atoms with Crippen LogP contribution >= 0.6 is 0 Å². The quantitative estimate of drug-likeness (QED) is 0.493. The Morgan fingerprint density at radius 3 is 2.75 bits per heavy atom. The third-order valence-corrected chi connectivity index (χ3v) is 5.45. The largest absolute Gasteiger partial charge is 0.378 e. The summed E-state index contributed by atoms with van der Waals surface area (Å²) in [6.45, 7) is 2.62. The summed E-state index contributed by atoms with van der Waals surface area (Å²) in [5.41, 5.74) is 8.38. The van der Waals surface area contributed by atoms with Crippen molar-refractivity contribution in [2.24, 2.45) is 5.73 Å². The summed E-state index contributed by atoms with van der Waals surface area (Å²) in [6.07, 6.45) is 1.77. The minimum absolute atomic E-state index is 0.417. The lowest BCUT2D eigenvalue weighted by Crippen LogP contribution is -2.37. The first kappa shape index (κ1) is 19.9. The van der Waals surface area contributed by atoms with Gasteiger partial charge < -0.3 is 20.3 Å². The number of nitrogens with two attached hydrogens (primary N) is 1. The van der Waals surface area contributed by atoms with Crippen molar-refractivity contribution in [3.05, 3.63) is 54.2 Å². The maximum atomic E-state index is 11.6. The number of rotatable bonds is 5. The molecule has 1 saturated heterocycles. The number of aromatic nitrogens is 5. The fraction of sp³-hybridized carbons (Fsp3) is 0.227. The van der Waals surface area contributed by atoms with Crippen molar-refractivity contribution in [1.82, 2.24) is 25.1 Å². The van der Waals surface area contributed by atoms with Crippen molar-refractivity contribution in [1.29, 1.82) is 0 Å². The van der Waals surface area contributed by atoms with Crippen LogP contribution in [0.25, 0.3) is 22.3 Å². The summed E-state index contributed by atoms with van der Waals surface area (Å²) in [6, 6.07) is 12.9. The van der Waals surface area contributed by atoms with Crippen LogP contribution in [0.1, 0.15) is 10.4 Å². The number of anilines is 3. The second-order valence-electron chi connectivity index (χ2n) is 7.47. The van der Waals surface area contributed by atoms with Crippen LogP contribution < -0.4 is 15.5 Å². The zero-order chi connectivity index (χ0) is 22.1. The average Bonchev–Trinajstić information content (AvgIpc) is 3.33. The average molecular weight is 430 g/mol. The number of hydrogen-bond acceptors (Lipinski definition) is 8. The molecule has 3 N–H and O–H groups in total. The first-order valence-electron chi connectivity index (χ1n) is 10.2. The number of ether oxygens (including phenoxy) is 1. The van der Waals surface area contributed by atoms with Crippen LogP contribution in [0.3, 0.4) is 0 Å². The van der Waals surface area contributed by atoms with E-state index in [0.717, 1.165) is 22.2 Å². The zero-order valence-electron chi connectivity index (χ0n) is 17.5. The van der Waals surface area contributed by atoms with Gasteiger partial charge in [-0.3, -0.25) is 9.89 Å². The Hall–Kier alpha value is -4.05. The molecule has 0 aliphatic carbocycles. The van der Waals surface area contributed by atoms with Gasteiger partial charge in [0, 0.05) is 42.3 Å². The number of carbonyl (C=O) groups is 1. The van der Waals surface area contributed by atoms with Crippen molar-refractivity contribution in [2.45, 2.75) is 0 Å². The van der Waals surface area contributed by atoms with Crippen molar-refractivity contribution in [2.75, 3.05) is 43.2 Å². The van der Waals surface area contributed by atoms with Gasteiger partial charge in [0.15, 0.2) is 5.82 Å². The number of morpholine rings is 1. The fourth-order valence-corrected chi connectivity index (χ4v) is 3.68. The van der Waals surface area contributed by atoms with Crippen molar-refractivity contribution in [3.63, 3.8) is 0 Å². The molecule has 1 amide bonds. The number of nitrogens with one attached hydrogen (secondary N) is 1. The fourth-order valence-electron chi connectivity index (χ4n) is 3.68. The summed E-state index contributed by atoms with van der Waals surface area (Å²) >= 11 is 0. The van der Waals surface area contributed by atoms with Gasteiger partial charge in [-0.15, -0.1) is 0 Å². The molecule has 2 aromatic heterocycles. The SMILES string of the molecule is CN(c1cccc(C(N)=O)c1)c1nc(-c2cccc3[nH]ncc23)nc(N2CCOCC2)n1. The molecule has 0 saturated carbocycles. The van der Waals surface area contributed by atoms with Gasteiger partial charge in [-0.2, -0.15) is 20.1 Å². The van der Waals surface area contributed by atoms with Gasteiger partial charge in [0.25, 0.3) is 0 Å². The monoisotopic (exact) mass is 430 g/mol. The molecule has 5 rings (SSSR count). The van der Waals surface area contributed by atoms with Gasteiger partial charge in [-0.1, -0.05) is 18.2 Å². The molecule has 32 heavy (non-hydrogen) atoms. The summed E-state index contributed by atoms with van der Waals surface area (Å²) in [5.74, 6) is 1.09. The van der Waals surface area contributed by atoms with Gasteiger partial charge in [-0.05, 0) is 24.3 Å². The number of carbonyl (C=O) groups excluding carboxylic acids is 1. The molecule has 2 aromatic carbocycles. The van der Waals surface area contributed by atoms with E-state index in [2.05, 4.69) is 15.1 Å². The Kier molecular flexibility index (Phi) is 5.12. The third kappa shape index (κ3) is 3.71. The molecule has 0 radical (unpaired) electrons. The molecule has 0 bridgehead atoms. The smallest absolute Gasteiger partial charge is 0.248 e. The van der Waals surface area contributed by atoms with Gasteiger partial charge in [-0.25, -0.2) is 0 Å². The molecule has 1 aliphatic rings. The molecule has 1 fully saturated rings. The molecule has 10 heteroatoms. The van der Waals surface area contributed by atoms with E-state index in [1.54, 1.807) is 24.4 Å². The standard InChI is InChI=1S/C22H22N8O2/c1-29(15-5-2-4-14(12-15)19(23)31)21-25-20(16-6-3-7-18-17(16)13-24-28-18)26-22(27-21)30-8-10-32-11-9-30/h2-7,12-13H,8-11H2,1H3,(H2,23,31)(H,24,28). The van der Waals surface area contributed by atoms with Crippen LogP contribution in [0.2, 0.25) is 0 Å². The van der Waals surface area contributed by atoms with E-state index in [9.17, 15) is 4.79 Å². The molecular weight excluding hydrogens is 408 g/mol. The third-order valence-electron chi connectivity index (χ3n) is 5.45. The van der Waals surface area contributed by atoms with Gasteiger partial charge in [0.2, 0.25) is 17.8 Å². The lowest BCUT2D eigenvalue weighted by atomic mass is 10.1. The Bertz CT molecular complexity index is 1280. The van der Waals surface area contributed by atoms with Crippen molar-refractivity contribution in [3.8, 4) is 11.4 Å². The molecular formula is C22H22N8O2. The summed E-state index contributed by atoms with van der Waals surface area (Å²) in [7, 11) is 1.85. The Labute approximate surface area is 184 Å². The van der Waals surface area contributed by atoms with E-state index >= 15 is 0 Å². The van der Waals surface area contributed by atoms with Crippen LogP contribution in [-0.4, -0.2) is 64.4 Å². The molecule has 0 unspecified atom stereocenters. The topological polar surface area (TPSA) is 126 Å². The van der Waals surface area contributed by atoms with E-state index in [1.165, 1.54) is 0 Å². The number of primary amides is 1. The number of hydrogen-bond donors (Lipinski definition) is 2. The predicted molar refractivity (Wildman–Crippen MR) is 121 cm³/mol. The van der Waals surface area contributed by atoms with E-state index in [0.29, 0.717) is 49.6 Å². The molecule has 0 spiro atoms. The Morgan fingerprint density at radius 2 is 1.94 bits per heavy atom. The van der Waals surface area contributed by atoms with Gasteiger partial charge in [0.05, 0.1) is 24.9 Å².